The number of halogens is 1. The minimum atomic E-state index is -0.555. The van der Waals surface area contributed by atoms with E-state index < -0.39 is 6.04 Å². The molecule has 1 atom stereocenters. The van der Waals surface area contributed by atoms with Crippen LogP contribution < -0.4 is 20.5 Å². The summed E-state index contributed by atoms with van der Waals surface area (Å²) in [7, 11) is 0. The number of ether oxygens (including phenoxy) is 2. The molecular weight excluding hydrogens is 244 g/mol. The molecular formula is C11H15ClN2O3. The summed E-state index contributed by atoms with van der Waals surface area (Å²) >= 11 is 0. The zero-order chi connectivity index (χ0) is 11.5. The van der Waals surface area contributed by atoms with Gasteiger partial charge in [0.05, 0.1) is 11.7 Å². The Morgan fingerprint density at radius 1 is 1.41 bits per heavy atom. The molecule has 0 unspecified atom stereocenters. The van der Waals surface area contributed by atoms with Gasteiger partial charge in [-0.05, 0) is 19.1 Å². The molecule has 1 amide bonds. The van der Waals surface area contributed by atoms with Gasteiger partial charge in [0, 0.05) is 0 Å². The summed E-state index contributed by atoms with van der Waals surface area (Å²) in [6.45, 7) is 2.64. The van der Waals surface area contributed by atoms with Gasteiger partial charge in [0.2, 0.25) is 5.91 Å². The fourth-order valence-electron chi connectivity index (χ4n) is 1.42. The third-order valence-electron chi connectivity index (χ3n) is 2.24. The zero-order valence-electron chi connectivity index (χ0n) is 9.43. The topological polar surface area (TPSA) is 73.6 Å². The van der Waals surface area contributed by atoms with E-state index in [4.69, 9.17) is 15.2 Å². The second kappa shape index (κ2) is 5.75. The van der Waals surface area contributed by atoms with Crippen LogP contribution in [0.3, 0.4) is 0 Å². The monoisotopic (exact) mass is 258 g/mol. The summed E-state index contributed by atoms with van der Waals surface area (Å²) in [5.41, 5.74) is 6.07. The number of para-hydroxylation sites is 1. The molecule has 0 saturated heterocycles. The number of carbonyl (C=O) groups excluding carboxylic acids is 1. The highest BCUT2D eigenvalue weighted by atomic mass is 35.5. The van der Waals surface area contributed by atoms with E-state index in [9.17, 15) is 4.79 Å². The van der Waals surface area contributed by atoms with Crippen molar-refractivity contribution in [3.8, 4) is 11.5 Å². The molecule has 0 spiro atoms. The Labute approximate surface area is 106 Å². The Morgan fingerprint density at radius 2 is 2.12 bits per heavy atom. The van der Waals surface area contributed by atoms with Crippen LogP contribution in [-0.4, -0.2) is 25.2 Å². The summed E-state index contributed by atoms with van der Waals surface area (Å²) in [5, 5.41) is 2.70. The van der Waals surface area contributed by atoms with Crippen molar-refractivity contribution in [2.45, 2.75) is 13.0 Å². The minimum absolute atomic E-state index is 0. The number of fused-ring (bicyclic) bond motifs is 1. The van der Waals surface area contributed by atoms with Gasteiger partial charge in [0.15, 0.2) is 11.5 Å². The molecule has 1 heterocycles. The standard InChI is InChI=1S/C11H14N2O3.ClH/c1-7(12)11(14)13-8-3-2-4-9-10(8)16-6-5-15-9;/h2-4,7H,5-6,12H2,1H3,(H,13,14);1H/t7-;/m0./s1. The number of benzene rings is 1. The maximum Gasteiger partial charge on any atom is 0.241 e. The highest BCUT2D eigenvalue weighted by Crippen LogP contribution is 2.37. The van der Waals surface area contributed by atoms with Gasteiger partial charge in [-0.1, -0.05) is 6.07 Å². The zero-order valence-corrected chi connectivity index (χ0v) is 10.3. The maximum atomic E-state index is 11.5. The largest absolute Gasteiger partial charge is 0.486 e. The normalized spacial score (nSPS) is 14.5. The van der Waals surface area contributed by atoms with Gasteiger partial charge in [-0.3, -0.25) is 4.79 Å². The number of nitrogens with one attached hydrogen (secondary N) is 1. The van der Waals surface area contributed by atoms with Crippen LogP contribution in [0.4, 0.5) is 5.69 Å². The number of carbonyl (C=O) groups is 1. The SMILES string of the molecule is C[C@H](N)C(=O)Nc1cccc2c1OCCO2.Cl. The van der Waals surface area contributed by atoms with Gasteiger partial charge in [-0.15, -0.1) is 12.4 Å². The predicted octanol–water partition coefficient (Wildman–Crippen LogP) is 1.17. The Hall–Kier alpha value is -1.46. The highest BCUT2D eigenvalue weighted by Gasteiger charge is 2.17. The van der Waals surface area contributed by atoms with Gasteiger partial charge in [-0.2, -0.15) is 0 Å². The van der Waals surface area contributed by atoms with Crippen LogP contribution >= 0.6 is 12.4 Å². The Bertz CT molecular complexity index is 410. The van der Waals surface area contributed by atoms with E-state index >= 15 is 0 Å². The smallest absolute Gasteiger partial charge is 0.241 e. The lowest BCUT2D eigenvalue weighted by molar-refractivity contribution is -0.117. The van der Waals surface area contributed by atoms with Crippen LogP contribution in [0.2, 0.25) is 0 Å². The fraction of sp³-hybridized carbons (Fsp3) is 0.364. The predicted molar refractivity (Wildman–Crippen MR) is 67.0 cm³/mol. The number of anilines is 1. The lowest BCUT2D eigenvalue weighted by atomic mass is 10.2. The van der Waals surface area contributed by atoms with Crippen LogP contribution in [-0.2, 0) is 4.79 Å². The summed E-state index contributed by atoms with van der Waals surface area (Å²) in [6.07, 6.45) is 0. The first-order chi connectivity index (χ1) is 7.68. The molecule has 0 aliphatic carbocycles. The first-order valence-corrected chi connectivity index (χ1v) is 5.13. The van der Waals surface area contributed by atoms with E-state index in [2.05, 4.69) is 5.32 Å². The Balaban J connectivity index is 0.00000144. The van der Waals surface area contributed by atoms with Crippen LogP contribution in [0.15, 0.2) is 18.2 Å². The first-order valence-electron chi connectivity index (χ1n) is 5.13. The van der Waals surface area contributed by atoms with E-state index in [0.29, 0.717) is 30.4 Å². The van der Waals surface area contributed by atoms with Crippen molar-refractivity contribution < 1.29 is 14.3 Å². The molecule has 1 aliphatic rings. The van der Waals surface area contributed by atoms with Crippen LogP contribution in [0.5, 0.6) is 11.5 Å². The van der Waals surface area contributed by atoms with E-state index in [1.54, 1.807) is 25.1 Å². The van der Waals surface area contributed by atoms with Gasteiger partial charge >= 0.3 is 0 Å². The van der Waals surface area contributed by atoms with E-state index in [-0.39, 0.29) is 18.3 Å². The number of hydrogen-bond donors (Lipinski definition) is 2. The summed E-state index contributed by atoms with van der Waals surface area (Å²) < 4.78 is 10.9. The number of rotatable bonds is 2. The van der Waals surface area contributed by atoms with Gasteiger partial charge in [-0.25, -0.2) is 0 Å². The molecule has 94 valence electrons. The van der Waals surface area contributed by atoms with E-state index in [0.717, 1.165) is 0 Å². The molecule has 3 N–H and O–H groups in total. The molecule has 5 nitrogen and oxygen atoms in total. The van der Waals surface area contributed by atoms with Crippen LogP contribution in [0.1, 0.15) is 6.92 Å². The van der Waals surface area contributed by atoms with E-state index in [1.165, 1.54) is 0 Å². The lowest BCUT2D eigenvalue weighted by Crippen LogP contribution is -2.32. The van der Waals surface area contributed by atoms with Gasteiger partial charge in [0.1, 0.15) is 13.2 Å². The number of hydrogen-bond acceptors (Lipinski definition) is 4. The second-order valence-corrected chi connectivity index (χ2v) is 3.61. The minimum Gasteiger partial charge on any atom is -0.486 e. The van der Waals surface area contributed by atoms with Crippen molar-refractivity contribution in [1.29, 1.82) is 0 Å². The Morgan fingerprint density at radius 3 is 2.82 bits per heavy atom. The van der Waals surface area contributed by atoms with Crippen molar-refractivity contribution in [1.82, 2.24) is 0 Å². The molecule has 0 bridgehead atoms. The molecule has 2 rings (SSSR count). The molecule has 1 aliphatic heterocycles. The van der Waals surface area contributed by atoms with Gasteiger partial charge in [0.25, 0.3) is 0 Å². The lowest BCUT2D eigenvalue weighted by Gasteiger charge is -2.21. The quantitative estimate of drug-likeness (QED) is 0.835. The molecule has 0 saturated carbocycles. The second-order valence-electron chi connectivity index (χ2n) is 3.61. The fourth-order valence-corrected chi connectivity index (χ4v) is 1.42. The third-order valence-corrected chi connectivity index (χ3v) is 2.24. The molecule has 0 aromatic heterocycles. The number of nitrogens with two attached hydrogens (primary N) is 1. The average Bonchev–Trinajstić information content (AvgIpc) is 2.29. The van der Waals surface area contributed by atoms with Crippen LogP contribution in [0, 0.1) is 0 Å². The van der Waals surface area contributed by atoms with Crippen LogP contribution in [0.25, 0.3) is 0 Å². The summed E-state index contributed by atoms with van der Waals surface area (Å²) in [4.78, 5) is 11.5. The molecule has 0 radical (unpaired) electrons. The number of amides is 1. The van der Waals surface area contributed by atoms with Crippen molar-refractivity contribution in [2.24, 2.45) is 5.73 Å². The summed E-state index contributed by atoms with van der Waals surface area (Å²) in [6, 6.07) is 4.80. The maximum absolute atomic E-state index is 11.5. The molecule has 1 aromatic carbocycles. The van der Waals surface area contributed by atoms with Crippen molar-refractivity contribution >= 4 is 24.0 Å². The van der Waals surface area contributed by atoms with Crippen molar-refractivity contribution in [3.05, 3.63) is 18.2 Å². The molecule has 0 fully saturated rings. The molecule has 6 heteroatoms. The first kappa shape index (κ1) is 13.6. The van der Waals surface area contributed by atoms with Crippen molar-refractivity contribution in [2.75, 3.05) is 18.5 Å². The van der Waals surface area contributed by atoms with Gasteiger partial charge < -0.3 is 20.5 Å². The molecule has 1 aromatic rings. The Kier molecular flexibility index (Phi) is 4.60. The summed E-state index contributed by atoms with van der Waals surface area (Å²) in [5.74, 6) is 0.971. The molecule has 17 heavy (non-hydrogen) atoms. The van der Waals surface area contributed by atoms with Crippen molar-refractivity contribution in [3.63, 3.8) is 0 Å². The van der Waals surface area contributed by atoms with E-state index in [1.807, 2.05) is 0 Å². The third kappa shape index (κ3) is 3.01. The average molecular weight is 259 g/mol. The highest BCUT2D eigenvalue weighted by molar-refractivity contribution is 5.96.